The molecule has 1 heterocycles. The highest BCUT2D eigenvalue weighted by molar-refractivity contribution is 7.93. The number of hydrogen-bond donors (Lipinski definition) is 1. The molecule has 23 heavy (non-hydrogen) atoms. The Kier molecular flexibility index (Phi) is 5.44. The van der Waals surface area contributed by atoms with E-state index in [9.17, 15) is 13.5 Å². The molecule has 4 nitrogen and oxygen atoms in total. The van der Waals surface area contributed by atoms with Crippen molar-refractivity contribution >= 4 is 16.1 Å². The van der Waals surface area contributed by atoms with Crippen LogP contribution in [0.25, 0.3) is 6.08 Å². The molecule has 1 aromatic rings. The van der Waals surface area contributed by atoms with Crippen LogP contribution in [0.1, 0.15) is 30.0 Å². The molecule has 1 N–H and O–H groups in total. The average Bonchev–Trinajstić information content (AvgIpc) is 2.78. The predicted molar refractivity (Wildman–Crippen MR) is 94.7 cm³/mol. The number of allylic oxidation sites excluding steroid dienone is 2. The molecule has 0 atom stereocenters. The number of rotatable bonds is 6. The van der Waals surface area contributed by atoms with Gasteiger partial charge in [-0.25, -0.2) is 8.42 Å². The van der Waals surface area contributed by atoms with Crippen molar-refractivity contribution in [3.8, 4) is 5.75 Å². The third-order valence-electron chi connectivity index (χ3n) is 3.98. The number of phenols is 1. The zero-order valence-electron chi connectivity index (χ0n) is 13.5. The fourth-order valence-electron chi connectivity index (χ4n) is 2.80. The molecule has 1 saturated heterocycles. The summed E-state index contributed by atoms with van der Waals surface area (Å²) >= 11 is 0. The predicted octanol–water partition coefficient (Wildman–Crippen LogP) is 3.25. The van der Waals surface area contributed by atoms with E-state index in [1.807, 2.05) is 19.1 Å². The van der Waals surface area contributed by atoms with Gasteiger partial charge in [0, 0.05) is 13.1 Å². The lowest BCUT2D eigenvalue weighted by molar-refractivity contribution is 0.462. The maximum Gasteiger partial charge on any atom is 0.239 e. The fourth-order valence-corrected chi connectivity index (χ4v) is 4.44. The third kappa shape index (κ3) is 3.57. The number of sulfonamides is 1. The highest BCUT2D eigenvalue weighted by Gasteiger charge is 2.32. The smallest absolute Gasteiger partial charge is 0.239 e. The molecule has 1 aliphatic rings. The molecule has 5 heteroatoms. The minimum absolute atomic E-state index is 0.233. The maximum absolute atomic E-state index is 12.4. The van der Waals surface area contributed by atoms with Gasteiger partial charge in [0.2, 0.25) is 10.0 Å². The second-order valence-corrected chi connectivity index (χ2v) is 7.52. The minimum atomic E-state index is -3.34. The van der Waals surface area contributed by atoms with E-state index >= 15 is 0 Å². The minimum Gasteiger partial charge on any atom is -0.507 e. The van der Waals surface area contributed by atoms with Crippen molar-refractivity contribution in [2.75, 3.05) is 13.1 Å². The quantitative estimate of drug-likeness (QED) is 0.813. The van der Waals surface area contributed by atoms with Crippen molar-refractivity contribution < 1.29 is 13.5 Å². The van der Waals surface area contributed by atoms with Crippen molar-refractivity contribution in [2.45, 2.75) is 26.2 Å². The van der Waals surface area contributed by atoms with Gasteiger partial charge in [-0.15, -0.1) is 13.2 Å². The van der Waals surface area contributed by atoms with Crippen molar-refractivity contribution in [3.05, 3.63) is 59.0 Å². The fraction of sp³-hybridized carbons (Fsp3) is 0.333. The Balaban J connectivity index is 2.49. The molecule has 1 fully saturated rings. The highest BCUT2D eigenvalue weighted by atomic mass is 32.2. The Labute approximate surface area is 138 Å². The van der Waals surface area contributed by atoms with E-state index in [0.717, 1.165) is 16.7 Å². The molecule has 0 saturated carbocycles. The summed E-state index contributed by atoms with van der Waals surface area (Å²) in [6, 6.07) is 3.64. The van der Waals surface area contributed by atoms with E-state index in [-0.39, 0.29) is 5.75 Å². The monoisotopic (exact) mass is 333 g/mol. The van der Waals surface area contributed by atoms with E-state index in [1.165, 1.54) is 4.31 Å². The molecule has 1 aromatic carbocycles. The average molecular weight is 333 g/mol. The number of benzene rings is 1. The van der Waals surface area contributed by atoms with Crippen LogP contribution in [0.3, 0.4) is 0 Å². The first-order valence-corrected chi connectivity index (χ1v) is 9.15. The van der Waals surface area contributed by atoms with Gasteiger partial charge in [-0.05, 0) is 54.2 Å². The van der Waals surface area contributed by atoms with Crippen LogP contribution >= 0.6 is 0 Å². The van der Waals surface area contributed by atoms with E-state index < -0.39 is 10.0 Å². The maximum atomic E-state index is 12.4. The molecule has 0 aliphatic carbocycles. The molecular weight excluding hydrogens is 310 g/mol. The molecular formula is C18H23NO3S. The largest absolute Gasteiger partial charge is 0.507 e. The summed E-state index contributed by atoms with van der Waals surface area (Å²) in [5.41, 5.74) is 2.27. The van der Waals surface area contributed by atoms with Crippen LogP contribution in [0.15, 0.2) is 42.3 Å². The third-order valence-corrected chi connectivity index (χ3v) is 6.08. The van der Waals surface area contributed by atoms with E-state index in [2.05, 4.69) is 13.2 Å². The summed E-state index contributed by atoms with van der Waals surface area (Å²) in [4.78, 5) is 0.430. The van der Waals surface area contributed by atoms with Gasteiger partial charge in [-0.2, -0.15) is 4.31 Å². The summed E-state index contributed by atoms with van der Waals surface area (Å²) in [7, 11) is -3.34. The SMILES string of the molecule is C=CCc1cc(/C=C2/CCN(CC)S2(=O)=O)cc(CC=C)c1O. The lowest BCUT2D eigenvalue weighted by Gasteiger charge is -2.11. The highest BCUT2D eigenvalue weighted by Crippen LogP contribution is 2.31. The first-order chi connectivity index (χ1) is 10.9. The van der Waals surface area contributed by atoms with Gasteiger partial charge in [-0.1, -0.05) is 19.1 Å². The molecule has 0 amide bonds. The Hall–Kier alpha value is -1.85. The topological polar surface area (TPSA) is 57.6 Å². The number of aromatic hydroxyl groups is 1. The number of nitrogens with zero attached hydrogens (tertiary/aromatic N) is 1. The summed E-state index contributed by atoms with van der Waals surface area (Å²) in [5, 5.41) is 10.3. The lowest BCUT2D eigenvalue weighted by atomic mass is 9.99. The van der Waals surface area contributed by atoms with Crippen molar-refractivity contribution in [1.82, 2.24) is 4.31 Å². The van der Waals surface area contributed by atoms with E-state index in [4.69, 9.17) is 0 Å². The van der Waals surface area contributed by atoms with Crippen LogP contribution < -0.4 is 0 Å². The lowest BCUT2D eigenvalue weighted by Crippen LogP contribution is -2.24. The van der Waals surface area contributed by atoms with Gasteiger partial charge in [0.15, 0.2) is 0 Å². The standard InChI is InChI=1S/C18H23NO3S/c1-4-7-15-11-14(12-16(8-5-2)18(15)20)13-17-9-10-19(6-3)23(17,21)22/h4-5,11-13,20H,1-2,6-10H2,3H3/b17-13-. The Bertz CT molecular complexity index is 717. The van der Waals surface area contributed by atoms with Crippen LogP contribution in [0.5, 0.6) is 5.75 Å². The van der Waals surface area contributed by atoms with Gasteiger partial charge < -0.3 is 5.11 Å². The second kappa shape index (κ2) is 7.15. The van der Waals surface area contributed by atoms with Gasteiger partial charge in [-0.3, -0.25) is 0 Å². The Morgan fingerprint density at radius 2 is 1.78 bits per heavy atom. The summed E-state index contributed by atoms with van der Waals surface area (Å²) in [6.45, 7) is 10.3. The second-order valence-electron chi connectivity index (χ2n) is 5.53. The van der Waals surface area contributed by atoms with Gasteiger partial charge in [0.05, 0.1) is 4.91 Å². The Morgan fingerprint density at radius 1 is 1.22 bits per heavy atom. The van der Waals surface area contributed by atoms with Crippen LogP contribution in [0.2, 0.25) is 0 Å². The molecule has 2 rings (SSSR count). The van der Waals surface area contributed by atoms with Crippen LogP contribution in [-0.4, -0.2) is 30.9 Å². The molecule has 0 spiro atoms. The summed E-state index contributed by atoms with van der Waals surface area (Å²) in [5.74, 6) is 0.233. The Morgan fingerprint density at radius 3 is 2.22 bits per heavy atom. The van der Waals surface area contributed by atoms with Crippen molar-refractivity contribution in [1.29, 1.82) is 0 Å². The number of phenolic OH excluding ortho intramolecular Hbond substituents is 1. The van der Waals surface area contributed by atoms with E-state index in [0.29, 0.717) is 37.3 Å². The first kappa shape index (κ1) is 17.5. The normalized spacial score (nSPS) is 19.1. The molecule has 124 valence electrons. The van der Waals surface area contributed by atoms with Crippen LogP contribution in [-0.2, 0) is 22.9 Å². The zero-order chi connectivity index (χ0) is 17.0. The van der Waals surface area contributed by atoms with Gasteiger partial charge >= 0.3 is 0 Å². The molecule has 0 aromatic heterocycles. The molecule has 0 bridgehead atoms. The van der Waals surface area contributed by atoms with Gasteiger partial charge in [0.25, 0.3) is 0 Å². The van der Waals surface area contributed by atoms with Crippen molar-refractivity contribution in [2.24, 2.45) is 0 Å². The first-order valence-electron chi connectivity index (χ1n) is 7.71. The molecule has 0 radical (unpaired) electrons. The van der Waals surface area contributed by atoms with Gasteiger partial charge in [0.1, 0.15) is 5.75 Å². The molecule has 1 aliphatic heterocycles. The number of hydrogen-bond acceptors (Lipinski definition) is 3. The molecule has 0 unspecified atom stereocenters. The van der Waals surface area contributed by atoms with Crippen LogP contribution in [0, 0.1) is 0 Å². The summed E-state index contributed by atoms with van der Waals surface area (Å²) < 4.78 is 26.3. The van der Waals surface area contributed by atoms with Crippen LogP contribution in [0.4, 0.5) is 0 Å². The van der Waals surface area contributed by atoms with E-state index in [1.54, 1.807) is 18.2 Å². The zero-order valence-corrected chi connectivity index (χ0v) is 14.3. The summed E-state index contributed by atoms with van der Waals surface area (Å²) in [6.07, 6.45) is 6.72. The van der Waals surface area contributed by atoms with Crippen molar-refractivity contribution in [3.63, 3.8) is 0 Å².